The summed E-state index contributed by atoms with van der Waals surface area (Å²) in [7, 11) is -3.70. The summed E-state index contributed by atoms with van der Waals surface area (Å²) in [5, 5.41) is 11.0. The molecule has 1 aliphatic rings. The van der Waals surface area contributed by atoms with Gasteiger partial charge in [0.1, 0.15) is 5.69 Å². The van der Waals surface area contributed by atoms with Gasteiger partial charge < -0.3 is 5.43 Å². The molecule has 0 saturated carbocycles. The Morgan fingerprint density at radius 1 is 1.52 bits per heavy atom. The first-order valence-electron chi connectivity index (χ1n) is 6.65. The molecule has 0 bridgehead atoms. The van der Waals surface area contributed by atoms with E-state index in [1.807, 2.05) is 6.92 Å². The summed E-state index contributed by atoms with van der Waals surface area (Å²) in [6, 6.07) is 3.68. The molecule has 0 amide bonds. The third-order valence-electron chi connectivity index (χ3n) is 3.79. The first-order valence-corrected chi connectivity index (χ1v) is 8.09. The Balaban J connectivity index is 2.37. The van der Waals surface area contributed by atoms with Gasteiger partial charge in [0, 0.05) is 19.2 Å². The zero-order chi connectivity index (χ0) is 15.6. The summed E-state index contributed by atoms with van der Waals surface area (Å²) in [5.41, 5.74) is 1.91. The van der Waals surface area contributed by atoms with Gasteiger partial charge in [-0.2, -0.15) is 4.31 Å². The number of nitro groups is 1. The quantitative estimate of drug-likeness (QED) is 0.480. The predicted octanol–water partition coefficient (Wildman–Crippen LogP) is 1.30. The smallest absolute Gasteiger partial charge is 0.294 e. The van der Waals surface area contributed by atoms with Crippen molar-refractivity contribution < 1.29 is 13.3 Å². The van der Waals surface area contributed by atoms with Crippen molar-refractivity contribution in [1.82, 2.24) is 4.31 Å². The van der Waals surface area contributed by atoms with Crippen LogP contribution in [0.3, 0.4) is 0 Å². The van der Waals surface area contributed by atoms with Crippen LogP contribution in [-0.2, 0) is 10.0 Å². The highest BCUT2D eigenvalue weighted by atomic mass is 32.2. The summed E-state index contributed by atoms with van der Waals surface area (Å²) < 4.78 is 26.4. The lowest BCUT2D eigenvalue weighted by atomic mass is 10.1. The second kappa shape index (κ2) is 5.96. The monoisotopic (exact) mass is 314 g/mol. The molecule has 116 valence electrons. The minimum atomic E-state index is -3.70. The van der Waals surface area contributed by atoms with Crippen LogP contribution in [-0.4, -0.2) is 30.7 Å². The van der Waals surface area contributed by atoms with Gasteiger partial charge in [-0.3, -0.25) is 16.0 Å². The molecule has 1 fully saturated rings. The molecule has 1 aliphatic heterocycles. The van der Waals surface area contributed by atoms with Gasteiger partial charge in [0.05, 0.1) is 9.82 Å². The SMILES string of the molecule is CCC1CCN(S(=O)(=O)c2ccc(NN)c([N+](=O)[O-])c2)C1. The molecule has 1 aromatic rings. The van der Waals surface area contributed by atoms with Crippen LogP contribution in [0.2, 0.25) is 0 Å². The molecular weight excluding hydrogens is 296 g/mol. The standard InChI is InChI=1S/C12H18N4O4S/c1-2-9-5-6-15(8-9)21(19,20)10-3-4-11(14-13)12(7-10)16(17)18/h3-4,7,9,14H,2,5-6,8,13H2,1H3. The van der Waals surface area contributed by atoms with E-state index in [-0.39, 0.29) is 16.3 Å². The average molecular weight is 314 g/mol. The fourth-order valence-electron chi connectivity index (χ4n) is 2.44. The molecule has 0 aromatic heterocycles. The van der Waals surface area contributed by atoms with Crippen molar-refractivity contribution in [2.45, 2.75) is 24.7 Å². The van der Waals surface area contributed by atoms with Crippen LogP contribution >= 0.6 is 0 Å². The summed E-state index contributed by atoms with van der Waals surface area (Å²) in [6.07, 6.45) is 1.74. The van der Waals surface area contributed by atoms with E-state index in [1.54, 1.807) is 0 Å². The molecule has 21 heavy (non-hydrogen) atoms. The molecule has 1 heterocycles. The third kappa shape index (κ3) is 2.99. The van der Waals surface area contributed by atoms with Gasteiger partial charge in [-0.1, -0.05) is 13.3 Å². The van der Waals surface area contributed by atoms with Crippen molar-refractivity contribution in [2.24, 2.45) is 11.8 Å². The molecule has 0 aliphatic carbocycles. The molecule has 0 spiro atoms. The second-order valence-electron chi connectivity index (χ2n) is 5.01. The molecule has 1 aromatic carbocycles. The van der Waals surface area contributed by atoms with E-state index in [4.69, 9.17) is 5.84 Å². The van der Waals surface area contributed by atoms with Gasteiger partial charge in [0.15, 0.2) is 0 Å². The second-order valence-corrected chi connectivity index (χ2v) is 6.94. The van der Waals surface area contributed by atoms with Crippen molar-refractivity contribution in [3.63, 3.8) is 0 Å². The van der Waals surface area contributed by atoms with Gasteiger partial charge in [-0.05, 0) is 24.5 Å². The normalized spacial score (nSPS) is 19.6. The Labute approximate surface area is 123 Å². The van der Waals surface area contributed by atoms with E-state index < -0.39 is 14.9 Å². The van der Waals surface area contributed by atoms with E-state index >= 15 is 0 Å². The highest BCUT2D eigenvalue weighted by Crippen LogP contribution is 2.31. The summed E-state index contributed by atoms with van der Waals surface area (Å²) in [6.45, 7) is 2.93. The highest BCUT2D eigenvalue weighted by Gasteiger charge is 2.33. The summed E-state index contributed by atoms with van der Waals surface area (Å²) in [4.78, 5) is 10.2. The fourth-order valence-corrected chi connectivity index (χ4v) is 3.99. The number of rotatable bonds is 5. The zero-order valence-electron chi connectivity index (χ0n) is 11.7. The van der Waals surface area contributed by atoms with Crippen LogP contribution in [0.15, 0.2) is 23.1 Å². The molecule has 8 nitrogen and oxygen atoms in total. The lowest BCUT2D eigenvalue weighted by Crippen LogP contribution is -2.29. The Kier molecular flexibility index (Phi) is 4.45. The maximum Gasteiger partial charge on any atom is 0.294 e. The van der Waals surface area contributed by atoms with Crippen molar-refractivity contribution in [3.05, 3.63) is 28.3 Å². The molecule has 2 rings (SSSR count). The number of nitro benzene ring substituents is 1. The number of hydrogen-bond donors (Lipinski definition) is 2. The van der Waals surface area contributed by atoms with E-state index in [2.05, 4.69) is 5.43 Å². The molecule has 1 saturated heterocycles. The maximum atomic E-state index is 12.5. The lowest BCUT2D eigenvalue weighted by Gasteiger charge is -2.16. The Morgan fingerprint density at radius 3 is 2.76 bits per heavy atom. The van der Waals surface area contributed by atoms with Crippen LogP contribution in [0.25, 0.3) is 0 Å². The maximum absolute atomic E-state index is 12.5. The number of nitrogen functional groups attached to an aromatic ring is 1. The van der Waals surface area contributed by atoms with Gasteiger partial charge in [-0.25, -0.2) is 8.42 Å². The third-order valence-corrected chi connectivity index (χ3v) is 5.65. The summed E-state index contributed by atoms with van der Waals surface area (Å²) >= 11 is 0. The number of benzene rings is 1. The van der Waals surface area contributed by atoms with Gasteiger partial charge >= 0.3 is 0 Å². The van der Waals surface area contributed by atoms with Gasteiger partial charge in [-0.15, -0.1) is 0 Å². The molecule has 1 atom stereocenters. The van der Waals surface area contributed by atoms with E-state index in [0.717, 1.165) is 18.9 Å². The Bertz CT molecular complexity index is 647. The largest absolute Gasteiger partial charge is 0.318 e. The zero-order valence-corrected chi connectivity index (χ0v) is 12.5. The first kappa shape index (κ1) is 15.7. The van der Waals surface area contributed by atoms with E-state index in [1.165, 1.54) is 16.4 Å². The van der Waals surface area contributed by atoms with Crippen LogP contribution in [0.4, 0.5) is 11.4 Å². The first-order chi connectivity index (χ1) is 9.90. The number of nitrogens with one attached hydrogen (secondary N) is 1. The predicted molar refractivity (Wildman–Crippen MR) is 78.1 cm³/mol. The average Bonchev–Trinajstić information content (AvgIpc) is 2.96. The summed E-state index contributed by atoms with van der Waals surface area (Å²) in [5.74, 6) is 5.54. The molecule has 9 heteroatoms. The molecular formula is C12H18N4O4S. The molecule has 1 unspecified atom stereocenters. The van der Waals surface area contributed by atoms with Crippen LogP contribution in [0.1, 0.15) is 19.8 Å². The Morgan fingerprint density at radius 2 is 2.24 bits per heavy atom. The number of hydrogen-bond acceptors (Lipinski definition) is 6. The van der Waals surface area contributed by atoms with Crippen molar-refractivity contribution in [2.75, 3.05) is 18.5 Å². The number of nitrogens with two attached hydrogens (primary N) is 1. The molecule has 3 N–H and O–H groups in total. The van der Waals surface area contributed by atoms with Crippen molar-refractivity contribution in [1.29, 1.82) is 0 Å². The fraction of sp³-hybridized carbons (Fsp3) is 0.500. The Hall–Kier alpha value is -1.71. The van der Waals surface area contributed by atoms with Crippen LogP contribution in [0.5, 0.6) is 0 Å². The van der Waals surface area contributed by atoms with E-state index in [9.17, 15) is 18.5 Å². The minimum absolute atomic E-state index is 0.0757. The number of anilines is 1. The number of hydrazine groups is 1. The minimum Gasteiger partial charge on any atom is -0.318 e. The van der Waals surface area contributed by atoms with Crippen molar-refractivity contribution in [3.8, 4) is 0 Å². The van der Waals surface area contributed by atoms with Gasteiger partial charge in [0.25, 0.3) is 5.69 Å². The van der Waals surface area contributed by atoms with Crippen LogP contribution < -0.4 is 11.3 Å². The number of sulfonamides is 1. The lowest BCUT2D eigenvalue weighted by molar-refractivity contribution is -0.384. The topological polar surface area (TPSA) is 119 Å². The van der Waals surface area contributed by atoms with Crippen molar-refractivity contribution >= 4 is 21.4 Å². The molecule has 0 radical (unpaired) electrons. The van der Waals surface area contributed by atoms with Gasteiger partial charge in [0.2, 0.25) is 10.0 Å². The van der Waals surface area contributed by atoms with Crippen LogP contribution in [0, 0.1) is 16.0 Å². The van der Waals surface area contributed by atoms with E-state index in [0.29, 0.717) is 19.0 Å². The highest BCUT2D eigenvalue weighted by molar-refractivity contribution is 7.89. The number of nitrogens with zero attached hydrogens (tertiary/aromatic N) is 2.